The van der Waals surface area contributed by atoms with Gasteiger partial charge in [0.15, 0.2) is 0 Å². The predicted molar refractivity (Wildman–Crippen MR) is 114 cm³/mol. The number of alkyl carbamates (subject to hydrolysis) is 1. The molecule has 4 nitrogen and oxygen atoms in total. The zero-order valence-corrected chi connectivity index (χ0v) is 17.3. The van der Waals surface area contributed by atoms with Crippen molar-refractivity contribution in [2.24, 2.45) is 0 Å². The lowest BCUT2D eigenvalue weighted by Crippen LogP contribution is -2.26. The number of amides is 1. The Labute approximate surface area is 187 Å². The SMILES string of the molecule is O=C(NCC#Cc1cc(Cl)nc(C(F)(F)F)c1)OCC1c2ccccc2-c2ccccc21. The molecule has 2 aromatic carbocycles. The van der Waals surface area contributed by atoms with E-state index in [0.29, 0.717) is 0 Å². The first kappa shape index (κ1) is 21.7. The van der Waals surface area contributed by atoms with Gasteiger partial charge in [-0.2, -0.15) is 13.2 Å². The maximum atomic E-state index is 12.8. The number of aromatic nitrogens is 1. The molecule has 0 aliphatic heterocycles. The third kappa shape index (κ3) is 4.71. The van der Waals surface area contributed by atoms with Gasteiger partial charge in [-0.05, 0) is 34.4 Å². The van der Waals surface area contributed by atoms with Gasteiger partial charge < -0.3 is 10.1 Å². The highest BCUT2D eigenvalue weighted by atomic mass is 35.5. The molecule has 4 rings (SSSR count). The van der Waals surface area contributed by atoms with Crippen molar-refractivity contribution in [3.8, 4) is 23.0 Å². The van der Waals surface area contributed by atoms with Gasteiger partial charge in [0.05, 0.1) is 6.54 Å². The van der Waals surface area contributed by atoms with Gasteiger partial charge in [0.1, 0.15) is 17.5 Å². The van der Waals surface area contributed by atoms with Gasteiger partial charge in [-0.25, -0.2) is 9.78 Å². The minimum Gasteiger partial charge on any atom is -0.449 e. The standard InChI is InChI=1S/C24H16ClF3N2O2/c25-22-13-15(12-21(30-22)24(26,27)28)6-5-11-29-23(31)32-14-20-18-9-3-1-7-16(18)17-8-2-4-10-19(17)20/h1-4,7-10,12-13,20H,11,14H2,(H,29,31). The second kappa shape index (κ2) is 8.93. The first-order valence-electron chi connectivity index (χ1n) is 9.65. The fourth-order valence-electron chi connectivity index (χ4n) is 3.63. The van der Waals surface area contributed by atoms with Crippen molar-refractivity contribution in [3.63, 3.8) is 0 Å². The Balaban J connectivity index is 1.35. The maximum Gasteiger partial charge on any atom is 0.433 e. The van der Waals surface area contributed by atoms with Gasteiger partial charge in [-0.15, -0.1) is 0 Å². The predicted octanol–water partition coefficient (Wildman–Crippen LogP) is 5.64. The van der Waals surface area contributed by atoms with Gasteiger partial charge in [-0.1, -0.05) is 72.0 Å². The Morgan fingerprint density at radius 2 is 1.69 bits per heavy atom. The molecule has 1 aromatic heterocycles. The van der Waals surface area contributed by atoms with Crippen molar-refractivity contribution < 1.29 is 22.7 Å². The summed E-state index contributed by atoms with van der Waals surface area (Å²) < 4.78 is 43.8. The van der Waals surface area contributed by atoms with Crippen molar-refractivity contribution in [3.05, 3.63) is 88.2 Å². The molecule has 1 aliphatic carbocycles. The van der Waals surface area contributed by atoms with Crippen LogP contribution in [0.5, 0.6) is 0 Å². The zero-order valence-electron chi connectivity index (χ0n) is 16.5. The average Bonchev–Trinajstić information content (AvgIpc) is 3.08. The quantitative estimate of drug-likeness (QED) is 0.409. The second-order valence-electron chi connectivity index (χ2n) is 7.04. The summed E-state index contributed by atoms with van der Waals surface area (Å²) in [7, 11) is 0. The van der Waals surface area contributed by atoms with Gasteiger partial charge in [0.2, 0.25) is 0 Å². The number of nitrogens with zero attached hydrogens (tertiary/aromatic N) is 1. The highest BCUT2D eigenvalue weighted by Gasteiger charge is 2.33. The van der Waals surface area contributed by atoms with Crippen LogP contribution in [0.1, 0.15) is 28.3 Å². The Bertz CT molecular complexity index is 1190. The third-order valence-corrected chi connectivity index (χ3v) is 5.18. The molecule has 0 saturated heterocycles. The lowest BCUT2D eigenvalue weighted by Gasteiger charge is -2.14. The fraction of sp³-hybridized carbons (Fsp3) is 0.167. The summed E-state index contributed by atoms with van der Waals surface area (Å²) in [5.41, 5.74) is 3.35. The normalized spacial score (nSPS) is 12.4. The summed E-state index contributed by atoms with van der Waals surface area (Å²) >= 11 is 5.63. The molecule has 1 heterocycles. The van der Waals surface area contributed by atoms with E-state index in [1.165, 1.54) is 6.07 Å². The number of carbonyl (C=O) groups excluding carboxylic acids is 1. The molecule has 1 amide bonds. The number of pyridine rings is 1. The van der Waals surface area contributed by atoms with Crippen molar-refractivity contribution in [1.29, 1.82) is 0 Å². The smallest absolute Gasteiger partial charge is 0.433 e. The van der Waals surface area contributed by atoms with E-state index in [0.717, 1.165) is 28.3 Å². The minimum atomic E-state index is -4.62. The van der Waals surface area contributed by atoms with Crippen molar-refractivity contribution in [2.75, 3.05) is 13.2 Å². The molecule has 162 valence electrons. The molecule has 3 aromatic rings. The molecule has 0 bridgehead atoms. The van der Waals surface area contributed by atoms with Crippen LogP contribution in [0.15, 0.2) is 60.7 Å². The van der Waals surface area contributed by atoms with E-state index in [1.807, 2.05) is 48.5 Å². The van der Waals surface area contributed by atoms with E-state index in [-0.39, 0.29) is 29.8 Å². The summed E-state index contributed by atoms with van der Waals surface area (Å²) in [6.07, 6.45) is -5.29. The molecular weight excluding hydrogens is 441 g/mol. The van der Waals surface area contributed by atoms with E-state index in [1.54, 1.807) is 0 Å². The van der Waals surface area contributed by atoms with Crippen LogP contribution < -0.4 is 5.32 Å². The number of ether oxygens (including phenoxy) is 1. The first-order valence-corrected chi connectivity index (χ1v) is 10.0. The summed E-state index contributed by atoms with van der Waals surface area (Å²) in [6.45, 7) is 0.0557. The summed E-state index contributed by atoms with van der Waals surface area (Å²) in [5.74, 6) is 5.04. The Morgan fingerprint density at radius 1 is 1.06 bits per heavy atom. The maximum absolute atomic E-state index is 12.8. The molecule has 0 radical (unpaired) electrons. The third-order valence-electron chi connectivity index (χ3n) is 4.98. The monoisotopic (exact) mass is 456 g/mol. The zero-order chi connectivity index (χ0) is 22.7. The lowest BCUT2D eigenvalue weighted by molar-refractivity contribution is -0.141. The number of hydrogen-bond donors (Lipinski definition) is 1. The molecule has 0 fully saturated rings. The topological polar surface area (TPSA) is 51.2 Å². The van der Waals surface area contributed by atoms with E-state index >= 15 is 0 Å². The number of hydrogen-bond acceptors (Lipinski definition) is 3. The molecule has 0 atom stereocenters. The number of halogens is 4. The number of nitrogens with one attached hydrogen (secondary N) is 1. The van der Waals surface area contributed by atoms with Crippen molar-refractivity contribution in [2.45, 2.75) is 12.1 Å². The van der Waals surface area contributed by atoms with Crippen LogP contribution >= 0.6 is 11.6 Å². The van der Waals surface area contributed by atoms with E-state index < -0.39 is 18.0 Å². The van der Waals surface area contributed by atoms with Crippen LogP contribution in [-0.4, -0.2) is 24.2 Å². The van der Waals surface area contributed by atoms with Crippen molar-refractivity contribution >= 4 is 17.7 Å². The molecule has 1 aliphatic rings. The van der Waals surface area contributed by atoms with Gasteiger partial charge in [0.25, 0.3) is 0 Å². The van der Waals surface area contributed by atoms with Crippen LogP contribution in [0.3, 0.4) is 0 Å². The molecule has 0 unspecified atom stereocenters. The molecule has 0 spiro atoms. The summed E-state index contributed by atoms with van der Waals surface area (Å²) in [6, 6.07) is 18.0. The Hall–Kier alpha value is -3.50. The first-order chi connectivity index (χ1) is 15.3. The van der Waals surface area contributed by atoms with Crippen molar-refractivity contribution in [1.82, 2.24) is 10.3 Å². The average molecular weight is 457 g/mol. The Morgan fingerprint density at radius 3 is 2.31 bits per heavy atom. The molecule has 32 heavy (non-hydrogen) atoms. The largest absolute Gasteiger partial charge is 0.449 e. The van der Waals surface area contributed by atoms with Crippen LogP contribution in [0.25, 0.3) is 11.1 Å². The summed E-state index contributed by atoms with van der Waals surface area (Å²) in [4.78, 5) is 15.3. The van der Waals surface area contributed by atoms with Crippen LogP contribution in [0, 0.1) is 11.8 Å². The molecular formula is C24H16ClF3N2O2. The Kier molecular flexibility index (Phi) is 6.06. The van der Waals surface area contributed by atoms with Crippen LogP contribution in [0.2, 0.25) is 5.15 Å². The second-order valence-corrected chi connectivity index (χ2v) is 7.43. The number of rotatable bonds is 3. The van der Waals surface area contributed by atoms with E-state index in [4.69, 9.17) is 16.3 Å². The highest BCUT2D eigenvalue weighted by molar-refractivity contribution is 6.29. The number of alkyl halides is 3. The molecule has 0 saturated carbocycles. The van der Waals surface area contributed by atoms with Gasteiger partial charge >= 0.3 is 12.3 Å². The number of fused-ring (bicyclic) bond motifs is 3. The van der Waals surface area contributed by atoms with Crippen LogP contribution in [0.4, 0.5) is 18.0 Å². The van der Waals surface area contributed by atoms with E-state index in [2.05, 4.69) is 22.1 Å². The van der Waals surface area contributed by atoms with Crippen LogP contribution in [-0.2, 0) is 10.9 Å². The highest BCUT2D eigenvalue weighted by Crippen LogP contribution is 2.44. The summed E-state index contributed by atoms with van der Waals surface area (Å²) in [5, 5.41) is 2.17. The number of carbonyl (C=O) groups is 1. The minimum absolute atomic E-state index is 0.0478. The van der Waals surface area contributed by atoms with E-state index in [9.17, 15) is 18.0 Å². The number of benzene rings is 2. The van der Waals surface area contributed by atoms with Gasteiger partial charge in [-0.3, -0.25) is 0 Å². The molecule has 8 heteroatoms. The van der Waals surface area contributed by atoms with Gasteiger partial charge in [0, 0.05) is 11.5 Å². The molecule has 1 N–H and O–H groups in total. The lowest BCUT2D eigenvalue weighted by atomic mass is 9.98. The fourth-order valence-corrected chi connectivity index (χ4v) is 3.83.